The van der Waals surface area contributed by atoms with Crippen LogP contribution in [-0.2, 0) is 19.1 Å². The molecule has 0 aliphatic heterocycles. The van der Waals surface area contributed by atoms with Gasteiger partial charge in [-0.15, -0.1) is 0 Å². The van der Waals surface area contributed by atoms with Crippen molar-refractivity contribution in [3.63, 3.8) is 0 Å². The zero-order valence-electron chi connectivity index (χ0n) is 10.4. The third kappa shape index (κ3) is 4.01. The van der Waals surface area contributed by atoms with Crippen LogP contribution in [0.5, 0.6) is 0 Å². The van der Waals surface area contributed by atoms with Crippen molar-refractivity contribution in [1.82, 2.24) is 0 Å². The summed E-state index contributed by atoms with van der Waals surface area (Å²) in [7, 11) is 0. The van der Waals surface area contributed by atoms with E-state index in [9.17, 15) is 14.4 Å². The SMILES string of the molecule is CC(=O)OC(OC(C)=O)c1ccc(C(C)=O)cc1. The van der Waals surface area contributed by atoms with Crippen LogP contribution in [0, 0.1) is 0 Å². The molecule has 0 fully saturated rings. The molecule has 0 atom stereocenters. The van der Waals surface area contributed by atoms with Crippen molar-refractivity contribution in [2.75, 3.05) is 0 Å². The highest BCUT2D eigenvalue weighted by atomic mass is 16.7. The quantitative estimate of drug-likeness (QED) is 0.464. The zero-order valence-corrected chi connectivity index (χ0v) is 10.4. The predicted molar refractivity (Wildman–Crippen MR) is 62.7 cm³/mol. The normalized spacial score (nSPS) is 10.0. The smallest absolute Gasteiger partial charge is 0.305 e. The number of carbonyl (C=O) groups is 3. The van der Waals surface area contributed by atoms with Crippen LogP contribution in [0.1, 0.15) is 43.0 Å². The average Bonchev–Trinajstić information content (AvgIpc) is 2.27. The molecule has 0 amide bonds. The van der Waals surface area contributed by atoms with Gasteiger partial charge in [0.2, 0.25) is 0 Å². The lowest BCUT2D eigenvalue weighted by molar-refractivity contribution is -0.186. The fourth-order valence-corrected chi connectivity index (χ4v) is 1.34. The van der Waals surface area contributed by atoms with E-state index >= 15 is 0 Å². The van der Waals surface area contributed by atoms with Gasteiger partial charge in [0.25, 0.3) is 6.29 Å². The Kier molecular flexibility index (Phi) is 4.59. The second kappa shape index (κ2) is 5.95. The lowest BCUT2D eigenvalue weighted by atomic mass is 10.1. The van der Waals surface area contributed by atoms with Crippen LogP contribution in [0.2, 0.25) is 0 Å². The van der Waals surface area contributed by atoms with E-state index in [1.807, 2.05) is 0 Å². The van der Waals surface area contributed by atoms with Crippen LogP contribution < -0.4 is 0 Å². The summed E-state index contributed by atoms with van der Waals surface area (Å²) in [5, 5.41) is 0. The molecule has 0 aliphatic rings. The summed E-state index contributed by atoms with van der Waals surface area (Å²) >= 11 is 0. The van der Waals surface area contributed by atoms with Crippen LogP contribution in [0.4, 0.5) is 0 Å². The zero-order chi connectivity index (χ0) is 13.7. The molecular weight excluding hydrogens is 236 g/mol. The summed E-state index contributed by atoms with van der Waals surface area (Å²) in [5.74, 6) is -1.19. The van der Waals surface area contributed by atoms with E-state index in [-0.39, 0.29) is 5.78 Å². The summed E-state index contributed by atoms with van der Waals surface area (Å²) in [6.45, 7) is 3.89. The van der Waals surface area contributed by atoms with Crippen molar-refractivity contribution >= 4 is 17.7 Å². The molecular formula is C13H14O5. The number of ketones is 1. The molecule has 1 rings (SSSR count). The van der Waals surface area contributed by atoms with Crippen LogP contribution in [0.15, 0.2) is 24.3 Å². The van der Waals surface area contributed by atoms with Crippen LogP contribution >= 0.6 is 0 Å². The Morgan fingerprint density at radius 3 is 1.67 bits per heavy atom. The average molecular weight is 250 g/mol. The van der Waals surface area contributed by atoms with Crippen LogP contribution in [0.25, 0.3) is 0 Å². The maximum atomic E-state index is 11.1. The topological polar surface area (TPSA) is 69.7 Å². The fraction of sp³-hybridized carbons (Fsp3) is 0.308. The minimum absolute atomic E-state index is 0.0712. The van der Waals surface area contributed by atoms with Crippen molar-refractivity contribution < 1.29 is 23.9 Å². The summed E-state index contributed by atoms with van der Waals surface area (Å²) in [5.41, 5.74) is 1.02. The van der Waals surface area contributed by atoms with E-state index in [2.05, 4.69) is 0 Å². The van der Waals surface area contributed by atoms with E-state index in [0.29, 0.717) is 11.1 Å². The molecule has 5 nitrogen and oxygen atoms in total. The van der Waals surface area contributed by atoms with E-state index in [1.54, 1.807) is 24.3 Å². The van der Waals surface area contributed by atoms with Crippen molar-refractivity contribution in [2.24, 2.45) is 0 Å². The van der Waals surface area contributed by atoms with Gasteiger partial charge in [-0.3, -0.25) is 14.4 Å². The van der Waals surface area contributed by atoms with Gasteiger partial charge in [-0.1, -0.05) is 24.3 Å². The fourth-order valence-electron chi connectivity index (χ4n) is 1.34. The third-order valence-electron chi connectivity index (χ3n) is 2.14. The molecule has 1 aromatic carbocycles. The van der Waals surface area contributed by atoms with Gasteiger partial charge < -0.3 is 9.47 Å². The van der Waals surface area contributed by atoms with Crippen molar-refractivity contribution in [2.45, 2.75) is 27.1 Å². The lowest BCUT2D eigenvalue weighted by Crippen LogP contribution is -2.15. The van der Waals surface area contributed by atoms with Crippen molar-refractivity contribution in [1.29, 1.82) is 0 Å². The van der Waals surface area contributed by atoms with Crippen molar-refractivity contribution in [3.8, 4) is 0 Å². The molecule has 18 heavy (non-hydrogen) atoms. The molecule has 5 heteroatoms. The molecule has 0 N–H and O–H groups in total. The number of carbonyl (C=O) groups excluding carboxylic acids is 3. The standard InChI is InChI=1S/C13H14O5/c1-8(14)11-4-6-12(7-5-11)13(17-9(2)15)18-10(3)16/h4-7,13H,1-3H3. The molecule has 0 bridgehead atoms. The number of Topliss-reactive ketones (excluding diaryl/α,β-unsaturated/α-hetero) is 1. The highest BCUT2D eigenvalue weighted by Gasteiger charge is 2.17. The molecule has 0 aliphatic carbocycles. The minimum atomic E-state index is -1.08. The Morgan fingerprint density at radius 2 is 1.33 bits per heavy atom. The molecule has 1 aromatic rings. The molecule has 0 saturated heterocycles. The van der Waals surface area contributed by atoms with Gasteiger partial charge in [0.1, 0.15) is 0 Å². The van der Waals surface area contributed by atoms with Crippen LogP contribution in [0.3, 0.4) is 0 Å². The predicted octanol–water partition coefficient (Wildman–Crippen LogP) is 2.01. The van der Waals surface area contributed by atoms with Gasteiger partial charge in [-0.05, 0) is 6.92 Å². The van der Waals surface area contributed by atoms with E-state index in [1.165, 1.54) is 20.8 Å². The highest BCUT2D eigenvalue weighted by molar-refractivity contribution is 5.94. The van der Waals surface area contributed by atoms with E-state index in [0.717, 1.165) is 0 Å². The molecule has 0 spiro atoms. The summed E-state index contributed by atoms with van der Waals surface area (Å²) in [6.07, 6.45) is -1.08. The summed E-state index contributed by atoms with van der Waals surface area (Å²) in [4.78, 5) is 32.9. The summed E-state index contributed by atoms with van der Waals surface area (Å²) < 4.78 is 9.76. The number of hydrogen-bond donors (Lipinski definition) is 0. The number of benzene rings is 1. The largest absolute Gasteiger partial charge is 0.421 e. The second-order valence-corrected chi connectivity index (χ2v) is 3.73. The Labute approximate surface area is 105 Å². The van der Waals surface area contributed by atoms with E-state index < -0.39 is 18.2 Å². The first-order chi connectivity index (χ1) is 8.40. The van der Waals surface area contributed by atoms with Gasteiger partial charge >= 0.3 is 11.9 Å². The first-order valence-corrected chi connectivity index (χ1v) is 5.35. The van der Waals surface area contributed by atoms with Gasteiger partial charge in [-0.25, -0.2) is 0 Å². The monoisotopic (exact) mass is 250 g/mol. The molecule has 0 saturated carbocycles. The minimum Gasteiger partial charge on any atom is -0.421 e. The van der Waals surface area contributed by atoms with E-state index in [4.69, 9.17) is 9.47 Å². The first-order valence-electron chi connectivity index (χ1n) is 5.35. The number of esters is 2. The molecule has 0 radical (unpaired) electrons. The van der Waals surface area contributed by atoms with Gasteiger partial charge in [0.15, 0.2) is 5.78 Å². The first kappa shape index (κ1) is 13.9. The Morgan fingerprint density at radius 1 is 0.889 bits per heavy atom. The maximum absolute atomic E-state index is 11.1. The molecule has 0 heterocycles. The molecule has 96 valence electrons. The Hall–Kier alpha value is -2.17. The van der Waals surface area contributed by atoms with Crippen molar-refractivity contribution in [3.05, 3.63) is 35.4 Å². The van der Waals surface area contributed by atoms with Gasteiger partial charge in [0, 0.05) is 25.0 Å². The maximum Gasteiger partial charge on any atom is 0.305 e. The van der Waals surface area contributed by atoms with Crippen LogP contribution in [-0.4, -0.2) is 17.7 Å². The summed E-state index contributed by atoms with van der Waals surface area (Å²) in [6, 6.07) is 6.32. The number of rotatable bonds is 4. The highest BCUT2D eigenvalue weighted by Crippen LogP contribution is 2.20. The Bertz CT molecular complexity index is 445. The molecule has 0 unspecified atom stereocenters. The Balaban J connectivity index is 2.93. The number of ether oxygens (including phenoxy) is 2. The number of hydrogen-bond acceptors (Lipinski definition) is 5. The third-order valence-corrected chi connectivity index (χ3v) is 2.14. The lowest BCUT2D eigenvalue weighted by Gasteiger charge is -2.16. The molecule has 0 aromatic heterocycles. The second-order valence-electron chi connectivity index (χ2n) is 3.73. The van der Waals surface area contributed by atoms with Gasteiger partial charge in [-0.2, -0.15) is 0 Å². The van der Waals surface area contributed by atoms with Gasteiger partial charge in [0.05, 0.1) is 0 Å².